The van der Waals surface area contributed by atoms with Gasteiger partial charge in [-0.15, -0.1) is 13.2 Å². The van der Waals surface area contributed by atoms with Crippen LogP contribution in [0.3, 0.4) is 0 Å². The van der Waals surface area contributed by atoms with E-state index < -0.39 is 23.7 Å². The molecule has 0 bridgehead atoms. The van der Waals surface area contributed by atoms with Gasteiger partial charge in [-0.05, 0) is 18.2 Å². The minimum Gasteiger partial charge on any atom is -0.321 e. The molecule has 2 aromatic carbocycles. The lowest BCUT2D eigenvalue weighted by Crippen LogP contribution is -2.34. The number of alkyl halides is 3. The van der Waals surface area contributed by atoms with Crippen LogP contribution in [0.4, 0.5) is 28.9 Å². The minimum atomic E-state index is -4.88. The Balaban J connectivity index is 2.13. The Bertz CT molecular complexity index is 799. The van der Waals surface area contributed by atoms with Crippen LogP contribution in [0.1, 0.15) is 5.56 Å². The zero-order valence-electron chi connectivity index (χ0n) is 11.6. The first-order valence-corrected chi connectivity index (χ1v) is 6.61. The van der Waals surface area contributed by atoms with Crippen LogP contribution >= 0.6 is 0 Å². The van der Waals surface area contributed by atoms with Crippen molar-refractivity contribution in [3.05, 3.63) is 66.1 Å². The SMILES string of the molecule is O=C1Nc2ccccc2C1=CN(c1ccccc1F)C(F)(F)F. The Hall–Kier alpha value is -2.83. The third kappa shape index (κ3) is 2.77. The van der Waals surface area contributed by atoms with Gasteiger partial charge in [0.25, 0.3) is 5.91 Å². The zero-order valence-corrected chi connectivity index (χ0v) is 11.6. The number of para-hydroxylation sites is 2. The quantitative estimate of drug-likeness (QED) is 0.512. The van der Waals surface area contributed by atoms with Gasteiger partial charge in [-0.1, -0.05) is 30.3 Å². The smallest absolute Gasteiger partial charge is 0.321 e. The highest BCUT2D eigenvalue weighted by atomic mass is 19.4. The van der Waals surface area contributed by atoms with Gasteiger partial charge >= 0.3 is 6.30 Å². The molecule has 1 N–H and O–H groups in total. The van der Waals surface area contributed by atoms with Crippen LogP contribution in [0.25, 0.3) is 5.57 Å². The molecular formula is C16H10F4N2O. The van der Waals surface area contributed by atoms with Crippen molar-refractivity contribution in [3.63, 3.8) is 0 Å². The Kier molecular flexibility index (Phi) is 3.55. The van der Waals surface area contributed by atoms with E-state index in [9.17, 15) is 22.4 Å². The molecule has 0 saturated carbocycles. The van der Waals surface area contributed by atoms with Crippen molar-refractivity contribution < 1.29 is 22.4 Å². The van der Waals surface area contributed by atoms with Gasteiger partial charge in [0.05, 0.1) is 11.3 Å². The number of rotatable bonds is 2. The van der Waals surface area contributed by atoms with Gasteiger partial charge in [0.15, 0.2) is 0 Å². The number of halogens is 4. The number of nitrogens with zero attached hydrogens (tertiary/aromatic N) is 1. The van der Waals surface area contributed by atoms with E-state index in [2.05, 4.69) is 5.32 Å². The number of amides is 1. The highest BCUT2D eigenvalue weighted by Gasteiger charge is 2.39. The maximum absolute atomic E-state index is 13.8. The van der Waals surface area contributed by atoms with Crippen LogP contribution in [-0.4, -0.2) is 12.2 Å². The van der Waals surface area contributed by atoms with Crippen LogP contribution in [0.5, 0.6) is 0 Å². The van der Waals surface area contributed by atoms with Gasteiger partial charge in [0, 0.05) is 17.5 Å². The second kappa shape index (κ2) is 5.42. The van der Waals surface area contributed by atoms with Crippen molar-refractivity contribution in [3.8, 4) is 0 Å². The summed E-state index contributed by atoms with van der Waals surface area (Å²) in [6.45, 7) is 0. The summed E-state index contributed by atoms with van der Waals surface area (Å²) in [5.74, 6) is -1.70. The molecule has 0 aliphatic carbocycles. The number of carbonyl (C=O) groups is 1. The molecule has 0 unspecified atom stereocenters. The summed E-state index contributed by atoms with van der Waals surface area (Å²) in [6.07, 6.45) is -4.27. The molecule has 3 nitrogen and oxygen atoms in total. The largest absolute Gasteiger partial charge is 0.489 e. The summed E-state index contributed by atoms with van der Waals surface area (Å²) in [4.78, 5) is 11.7. The standard InChI is InChI=1S/C16H10F4N2O/c17-12-6-2-4-8-14(12)22(16(18,19)20)9-11-10-5-1-3-7-13(10)21-15(11)23/h1-9H,(H,21,23). The van der Waals surface area contributed by atoms with Gasteiger partial charge in [-0.3, -0.25) is 9.69 Å². The first-order valence-electron chi connectivity index (χ1n) is 6.61. The van der Waals surface area contributed by atoms with Crippen molar-refractivity contribution in [2.75, 3.05) is 10.2 Å². The molecule has 0 atom stereocenters. The maximum Gasteiger partial charge on any atom is 0.489 e. The maximum atomic E-state index is 13.8. The summed E-state index contributed by atoms with van der Waals surface area (Å²) < 4.78 is 53.7. The van der Waals surface area contributed by atoms with E-state index in [0.29, 0.717) is 17.5 Å². The highest BCUT2D eigenvalue weighted by molar-refractivity contribution is 6.31. The first-order chi connectivity index (χ1) is 10.9. The molecule has 0 spiro atoms. The molecule has 1 aliphatic rings. The van der Waals surface area contributed by atoms with Gasteiger partial charge < -0.3 is 5.32 Å². The van der Waals surface area contributed by atoms with Gasteiger partial charge in [-0.2, -0.15) is 0 Å². The highest BCUT2D eigenvalue weighted by Crippen LogP contribution is 2.36. The number of benzene rings is 2. The Morgan fingerprint density at radius 1 is 1.00 bits per heavy atom. The van der Waals surface area contributed by atoms with Crippen LogP contribution in [0, 0.1) is 5.82 Å². The third-order valence-electron chi connectivity index (χ3n) is 3.35. The lowest BCUT2D eigenvalue weighted by atomic mass is 10.1. The fraction of sp³-hybridized carbons (Fsp3) is 0.0625. The number of hydrogen-bond donors (Lipinski definition) is 1. The van der Waals surface area contributed by atoms with E-state index in [4.69, 9.17) is 0 Å². The summed E-state index contributed by atoms with van der Waals surface area (Å²) in [6, 6.07) is 10.9. The average Bonchev–Trinajstić information content (AvgIpc) is 2.80. The second-order valence-corrected chi connectivity index (χ2v) is 4.83. The van der Waals surface area contributed by atoms with E-state index in [0.717, 1.165) is 12.1 Å². The number of carbonyl (C=O) groups excluding carboxylic acids is 1. The van der Waals surface area contributed by atoms with Crippen LogP contribution < -0.4 is 10.2 Å². The minimum absolute atomic E-state index is 0.179. The number of hydrogen-bond acceptors (Lipinski definition) is 2. The van der Waals surface area contributed by atoms with E-state index in [1.165, 1.54) is 18.2 Å². The Morgan fingerprint density at radius 3 is 2.35 bits per heavy atom. The second-order valence-electron chi connectivity index (χ2n) is 4.83. The molecular weight excluding hydrogens is 312 g/mol. The summed E-state index contributed by atoms with van der Waals surface area (Å²) in [5.41, 5.74) is -0.103. The van der Waals surface area contributed by atoms with Gasteiger partial charge in [0.1, 0.15) is 5.82 Å². The Morgan fingerprint density at radius 2 is 1.65 bits per heavy atom. The lowest BCUT2D eigenvalue weighted by molar-refractivity contribution is -0.122. The molecule has 7 heteroatoms. The molecule has 0 radical (unpaired) electrons. The predicted molar refractivity (Wildman–Crippen MR) is 78.0 cm³/mol. The van der Waals surface area contributed by atoms with Crippen molar-refractivity contribution in [2.24, 2.45) is 0 Å². The monoisotopic (exact) mass is 322 g/mol. The third-order valence-corrected chi connectivity index (χ3v) is 3.35. The number of anilines is 2. The Labute approximate surface area is 128 Å². The first kappa shape index (κ1) is 15.1. The molecule has 2 aromatic rings. The van der Waals surface area contributed by atoms with Gasteiger partial charge in [0.2, 0.25) is 0 Å². The molecule has 0 aromatic heterocycles. The van der Waals surface area contributed by atoms with Crippen molar-refractivity contribution >= 4 is 22.9 Å². The molecule has 3 rings (SSSR count). The molecule has 0 fully saturated rings. The van der Waals surface area contributed by atoms with Crippen LogP contribution in [-0.2, 0) is 4.79 Å². The molecule has 118 valence electrons. The van der Waals surface area contributed by atoms with E-state index >= 15 is 0 Å². The molecule has 1 aliphatic heterocycles. The fourth-order valence-electron chi connectivity index (χ4n) is 2.32. The molecule has 1 heterocycles. The van der Waals surface area contributed by atoms with Crippen molar-refractivity contribution in [1.29, 1.82) is 0 Å². The summed E-state index contributed by atoms with van der Waals surface area (Å²) >= 11 is 0. The number of nitrogens with one attached hydrogen (secondary N) is 1. The van der Waals surface area contributed by atoms with Crippen LogP contribution in [0.2, 0.25) is 0 Å². The average molecular weight is 322 g/mol. The van der Waals surface area contributed by atoms with E-state index in [-0.39, 0.29) is 10.5 Å². The summed E-state index contributed by atoms with van der Waals surface area (Å²) in [7, 11) is 0. The van der Waals surface area contributed by atoms with Gasteiger partial charge in [-0.25, -0.2) is 4.39 Å². The predicted octanol–water partition coefficient (Wildman–Crippen LogP) is 4.15. The topological polar surface area (TPSA) is 32.3 Å². The van der Waals surface area contributed by atoms with Crippen LogP contribution in [0.15, 0.2) is 54.7 Å². The molecule has 23 heavy (non-hydrogen) atoms. The van der Waals surface area contributed by atoms with E-state index in [1.54, 1.807) is 18.2 Å². The molecule has 1 amide bonds. The van der Waals surface area contributed by atoms with E-state index in [1.807, 2.05) is 0 Å². The molecule has 0 saturated heterocycles. The number of fused-ring (bicyclic) bond motifs is 1. The zero-order chi connectivity index (χ0) is 16.6. The van der Waals surface area contributed by atoms with Crippen molar-refractivity contribution in [1.82, 2.24) is 0 Å². The lowest BCUT2D eigenvalue weighted by Gasteiger charge is -2.24. The summed E-state index contributed by atoms with van der Waals surface area (Å²) in [5, 5.41) is 2.48. The van der Waals surface area contributed by atoms with Crippen molar-refractivity contribution in [2.45, 2.75) is 6.30 Å². The normalized spacial score (nSPS) is 15.5. The fourth-order valence-corrected chi connectivity index (χ4v) is 2.32.